The number of hydrogen-bond acceptors (Lipinski definition) is 3. The van der Waals surface area contributed by atoms with Crippen LogP contribution in [0.5, 0.6) is 0 Å². The SMILES string of the molecule is O=C(Nc1ccc(C(F)(F)F)cc1)C1CNCCO1. The Morgan fingerprint density at radius 2 is 2.00 bits per heavy atom. The van der Waals surface area contributed by atoms with Crippen molar-refractivity contribution in [2.45, 2.75) is 12.3 Å². The van der Waals surface area contributed by atoms with Gasteiger partial charge in [0.1, 0.15) is 6.10 Å². The summed E-state index contributed by atoms with van der Waals surface area (Å²) in [6, 6.07) is 4.29. The largest absolute Gasteiger partial charge is 0.416 e. The van der Waals surface area contributed by atoms with Gasteiger partial charge in [-0.2, -0.15) is 13.2 Å². The Balaban J connectivity index is 1.97. The highest BCUT2D eigenvalue weighted by Gasteiger charge is 2.30. The molecule has 0 saturated carbocycles. The zero-order chi connectivity index (χ0) is 13.9. The Kier molecular flexibility index (Phi) is 4.06. The fourth-order valence-corrected chi connectivity index (χ4v) is 1.70. The fraction of sp³-hybridized carbons (Fsp3) is 0.417. The lowest BCUT2D eigenvalue weighted by Gasteiger charge is -2.22. The lowest BCUT2D eigenvalue weighted by Crippen LogP contribution is -2.45. The normalized spacial score (nSPS) is 20.1. The summed E-state index contributed by atoms with van der Waals surface area (Å²) in [5.74, 6) is -0.369. The Labute approximate surface area is 107 Å². The van der Waals surface area contributed by atoms with Gasteiger partial charge in [0.15, 0.2) is 0 Å². The third-order valence-electron chi connectivity index (χ3n) is 2.70. The molecule has 2 rings (SSSR count). The Morgan fingerprint density at radius 3 is 2.53 bits per heavy atom. The summed E-state index contributed by atoms with van der Waals surface area (Å²) in [5, 5.41) is 5.51. The highest BCUT2D eigenvalue weighted by molar-refractivity contribution is 5.94. The molecule has 0 aromatic heterocycles. The number of hydrogen-bond donors (Lipinski definition) is 2. The van der Waals surface area contributed by atoms with Crippen molar-refractivity contribution in [1.82, 2.24) is 5.32 Å². The van der Waals surface area contributed by atoms with Crippen LogP contribution in [0, 0.1) is 0 Å². The first-order valence-corrected chi connectivity index (χ1v) is 5.77. The topological polar surface area (TPSA) is 50.4 Å². The van der Waals surface area contributed by atoms with E-state index >= 15 is 0 Å². The molecule has 0 bridgehead atoms. The summed E-state index contributed by atoms with van der Waals surface area (Å²) in [6.45, 7) is 1.52. The van der Waals surface area contributed by atoms with Crippen molar-refractivity contribution < 1.29 is 22.7 Å². The van der Waals surface area contributed by atoms with Crippen LogP contribution in [0.2, 0.25) is 0 Å². The first-order chi connectivity index (χ1) is 8.97. The van der Waals surface area contributed by atoms with Crippen LogP contribution in [0.1, 0.15) is 5.56 Å². The molecule has 0 spiro atoms. The van der Waals surface area contributed by atoms with Gasteiger partial charge in [0.05, 0.1) is 12.2 Å². The van der Waals surface area contributed by atoms with Gasteiger partial charge in [-0.05, 0) is 24.3 Å². The molecule has 19 heavy (non-hydrogen) atoms. The molecule has 104 valence electrons. The van der Waals surface area contributed by atoms with E-state index in [9.17, 15) is 18.0 Å². The molecule has 0 radical (unpaired) electrons. The number of halogens is 3. The Bertz CT molecular complexity index is 439. The van der Waals surface area contributed by atoms with Gasteiger partial charge in [0.25, 0.3) is 5.91 Å². The van der Waals surface area contributed by atoms with Crippen molar-refractivity contribution in [3.63, 3.8) is 0 Å². The van der Waals surface area contributed by atoms with Crippen LogP contribution in [0.4, 0.5) is 18.9 Å². The molecule has 4 nitrogen and oxygen atoms in total. The molecule has 1 aliphatic heterocycles. The highest BCUT2D eigenvalue weighted by atomic mass is 19.4. The van der Waals surface area contributed by atoms with Crippen LogP contribution in [-0.2, 0) is 15.7 Å². The molecule has 1 aliphatic rings. The molecule has 1 amide bonds. The molecule has 7 heteroatoms. The molecule has 1 fully saturated rings. The number of benzene rings is 1. The zero-order valence-corrected chi connectivity index (χ0v) is 9.96. The average Bonchev–Trinajstić information content (AvgIpc) is 2.39. The van der Waals surface area contributed by atoms with Crippen molar-refractivity contribution in [2.75, 3.05) is 25.0 Å². The molecule has 0 aliphatic carbocycles. The summed E-state index contributed by atoms with van der Waals surface area (Å²) in [5.41, 5.74) is -0.437. The maximum Gasteiger partial charge on any atom is 0.416 e. The van der Waals surface area contributed by atoms with Crippen molar-refractivity contribution in [3.05, 3.63) is 29.8 Å². The molecule has 1 aromatic rings. The van der Waals surface area contributed by atoms with E-state index in [1.807, 2.05) is 0 Å². The monoisotopic (exact) mass is 274 g/mol. The second-order valence-corrected chi connectivity index (χ2v) is 4.13. The van der Waals surface area contributed by atoms with E-state index in [0.717, 1.165) is 12.1 Å². The number of rotatable bonds is 2. The van der Waals surface area contributed by atoms with Crippen LogP contribution < -0.4 is 10.6 Å². The number of ether oxygens (including phenoxy) is 1. The summed E-state index contributed by atoms with van der Waals surface area (Å²) in [7, 11) is 0. The van der Waals surface area contributed by atoms with E-state index in [0.29, 0.717) is 25.4 Å². The van der Waals surface area contributed by atoms with E-state index in [1.54, 1.807) is 0 Å². The van der Waals surface area contributed by atoms with Gasteiger partial charge in [-0.3, -0.25) is 4.79 Å². The van der Waals surface area contributed by atoms with Crippen molar-refractivity contribution in [1.29, 1.82) is 0 Å². The van der Waals surface area contributed by atoms with Gasteiger partial charge in [0.2, 0.25) is 0 Å². The molecule has 1 atom stereocenters. The minimum Gasteiger partial charge on any atom is -0.366 e. The van der Waals surface area contributed by atoms with E-state index in [4.69, 9.17) is 4.74 Å². The van der Waals surface area contributed by atoms with Gasteiger partial charge < -0.3 is 15.4 Å². The number of alkyl halides is 3. The smallest absolute Gasteiger partial charge is 0.366 e. The van der Waals surface area contributed by atoms with Gasteiger partial charge >= 0.3 is 6.18 Å². The molecule has 1 aromatic carbocycles. The third kappa shape index (κ3) is 3.68. The maximum absolute atomic E-state index is 12.4. The minimum absolute atomic E-state index is 0.312. The zero-order valence-electron chi connectivity index (χ0n) is 9.96. The van der Waals surface area contributed by atoms with Gasteiger partial charge in [0, 0.05) is 18.8 Å². The summed E-state index contributed by atoms with van der Waals surface area (Å²) < 4.78 is 42.3. The fourth-order valence-electron chi connectivity index (χ4n) is 1.70. The molecular weight excluding hydrogens is 261 g/mol. The predicted molar refractivity (Wildman–Crippen MR) is 62.7 cm³/mol. The summed E-state index contributed by atoms with van der Waals surface area (Å²) in [4.78, 5) is 11.8. The average molecular weight is 274 g/mol. The van der Waals surface area contributed by atoms with E-state index < -0.39 is 17.8 Å². The quantitative estimate of drug-likeness (QED) is 0.862. The molecule has 1 heterocycles. The second-order valence-electron chi connectivity index (χ2n) is 4.13. The summed E-state index contributed by atoms with van der Waals surface area (Å²) >= 11 is 0. The first-order valence-electron chi connectivity index (χ1n) is 5.77. The Hall–Kier alpha value is -1.60. The van der Waals surface area contributed by atoms with Crippen LogP contribution in [0.15, 0.2) is 24.3 Å². The molecule has 1 saturated heterocycles. The number of anilines is 1. The van der Waals surface area contributed by atoms with Gasteiger partial charge in [-0.1, -0.05) is 0 Å². The third-order valence-corrected chi connectivity index (χ3v) is 2.70. The first kappa shape index (κ1) is 13.8. The highest BCUT2D eigenvalue weighted by Crippen LogP contribution is 2.29. The van der Waals surface area contributed by atoms with Crippen molar-refractivity contribution in [3.8, 4) is 0 Å². The number of nitrogens with one attached hydrogen (secondary N) is 2. The number of carbonyl (C=O) groups excluding carboxylic acids is 1. The van der Waals surface area contributed by atoms with E-state index in [1.165, 1.54) is 12.1 Å². The number of amides is 1. The second kappa shape index (κ2) is 5.58. The van der Waals surface area contributed by atoms with Gasteiger partial charge in [-0.25, -0.2) is 0 Å². The van der Waals surface area contributed by atoms with E-state index in [-0.39, 0.29) is 5.91 Å². The molecule has 2 N–H and O–H groups in total. The molecular formula is C12H13F3N2O2. The maximum atomic E-state index is 12.4. The van der Waals surface area contributed by atoms with Gasteiger partial charge in [-0.15, -0.1) is 0 Å². The van der Waals surface area contributed by atoms with Crippen molar-refractivity contribution >= 4 is 11.6 Å². The lowest BCUT2D eigenvalue weighted by atomic mass is 10.2. The summed E-state index contributed by atoms with van der Waals surface area (Å²) in [6.07, 6.45) is -4.99. The lowest BCUT2D eigenvalue weighted by molar-refractivity contribution is -0.137. The minimum atomic E-state index is -4.38. The van der Waals surface area contributed by atoms with Crippen molar-refractivity contribution in [2.24, 2.45) is 0 Å². The standard InChI is InChI=1S/C12H13F3N2O2/c13-12(14,15)8-1-3-9(4-2-8)17-11(18)10-7-16-5-6-19-10/h1-4,10,16H,5-7H2,(H,17,18). The predicted octanol–water partition coefficient (Wildman–Crippen LogP) is 1.63. The van der Waals surface area contributed by atoms with Crippen LogP contribution in [-0.4, -0.2) is 31.7 Å². The van der Waals surface area contributed by atoms with Crippen LogP contribution >= 0.6 is 0 Å². The number of carbonyl (C=O) groups is 1. The Morgan fingerprint density at radius 1 is 1.32 bits per heavy atom. The van der Waals surface area contributed by atoms with E-state index in [2.05, 4.69) is 10.6 Å². The van der Waals surface area contributed by atoms with Crippen LogP contribution in [0.25, 0.3) is 0 Å². The van der Waals surface area contributed by atoms with Crippen LogP contribution in [0.3, 0.4) is 0 Å². The molecule has 1 unspecified atom stereocenters. The number of morpholine rings is 1.